The molecule has 1 amide bonds. The summed E-state index contributed by atoms with van der Waals surface area (Å²) in [6.07, 6.45) is 3.92. The fourth-order valence-corrected chi connectivity index (χ4v) is 1.85. The number of aliphatic hydroxyl groups excluding tert-OH is 1. The molecule has 1 aliphatic heterocycles. The van der Waals surface area contributed by atoms with E-state index in [1.165, 1.54) is 0 Å². The van der Waals surface area contributed by atoms with Crippen molar-refractivity contribution in [1.29, 1.82) is 0 Å². The average molecular weight is 199 g/mol. The SMILES string of the molecule is CCCC[C@@H](CC)C(=O)N1CC(O)C1. The van der Waals surface area contributed by atoms with Crippen LogP contribution in [-0.2, 0) is 4.79 Å². The Morgan fingerprint density at radius 1 is 1.50 bits per heavy atom. The molecule has 3 nitrogen and oxygen atoms in total. The van der Waals surface area contributed by atoms with Gasteiger partial charge in [0, 0.05) is 19.0 Å². The first kappa shape index (κ1) is 11.5. The zero-order valence-corrected chi connectivity index (χ0v) is 9.20. The van der Waals surface area contributed by atoms with E-state index in [-0.39, 0.29) is 17.9 Å². The Hall–Kier alpha value is -0.570. The smallest absolute Gasteiger partial charge is 0.225 e. The number of unbranched alkanes of at least 4 members (excludes halogenated alkanes) is 1. The number of nitrogens with zero attached hydrogens (tertiary/aromatic N) is 1. The standard InChI is InChI=1S/C11H21NO2/c1-3-5-6-9(4-2)11(14)12-7-10(13)8-12/h9-10,13H,3-8H2,1-2H3/t9-/m1/s1. The summed E-state index contributed by atoms with van der Waals surface area (Å²) in [6.45, 7) is 5.29. The summed E-state index contributed by atoms with van der Waals surface area (Å²) in [7, 11) is 0. The van der Waals surface area contributed by atoms with Gasteiger partial charge in [0.1, 0.15) is 0 Å². The summed E-state index contributed by atoms with van der Waals surface area (Å²) in [5, 5.41) is 9.10. The molecule has 0 radical (unpaired) electrons. The van der Waals surface area contributed by atoms with Crippen molar-refractivity contribution in [3.63, 3.8) is 0 Å². The first-order valence-corrected chi connectivity index (χ1v) is 5.65. The number of carbonyl (C=O) groups is 1. The van der Waals surface area contributed by atoms with Crippen molar-refractivity contribution in [1.82, 2.24) is 4.90 Å². The molecule has 1 rings (SSSR count). The fraction of sp³-hybridized carbons (Fsp3) is 0.909. The van der Waals surface area contributed by atoms with E-state index in [0.717, 1.165) is 25.7 Å². The Bertz CT molecular complexity index is 188. The number of carbonyl (C=O) groups excluding carboxylic acids is 1. The normalized spacial score (nSPS) is 19.2. The molecule has 14 heavy (non-hydrogen) atoms. The molecule has 1 aliphatic rings. The maximum Gasteiger partial charge on any atom is 0.225 e. The summed E-state index contributed by atoms with van der Waals surface area (Å²) in [4.78, 5) is 13.6. The van der Waals surface area contributed by atoms with Crippen LogP contribution in [0.1, 0.15) is 39.5 Å². The molecule has 0 saturated carbocycles. The second kappa shape index (κ2) is 5.35. The van der Waals surface area contributed by atoms with Crippen LogP contribution in [0.15, 0.2) is 0 Å². The minimum atomic E-state index is -0.275. The highest BCUT2D eigenvalue weighted by atomic mass is 16.3. The first-order chi connectivity index (χ1) is 6.69. The van der Waals surface area contributed by atoms with Gasteiger partial charge in [0.2, 0.25) is 5.91 Å². The van der Waals surface area contributed by atoms with Gasteiger partial charge in [-0.05, 0) is 12.8 Å². The number of hydrogen-bond acceptors (Lipinski definition) is 2. The van der Waals surface area contributed by atoms with Gasteiger partial charge in [0.25, 0.3) is 0 Å². The van der Waals surface area contributed by atoms with Gasteiger partial charge in [0.15, 0.2) is 0 Å². The third-order valence-corrected chi connectivity index (χ3v) is 2.92. The summed E-state index contributed by atoms with van der Waals surface area (Å²) < 4.78 is 0. The molecule has 0 unspecified atom stereocenters. The van der Waals surface area contributed by atoms with Crippen LogP contribution in [0, 0.1) is 5.92 Å². The topological polar surface area (TPSA) is 40.5 Å². The Morgan fingerprint density at radius 3 is 2.57 bits per heavy atom. The number of rotatable bonds is 5. The van der Waals surface area contributed by atoms with Gasteiger partial charge in [-0.15, -0.1) is 0 Å². The molecule has 0 spiro atoms. The van der Waals surface area contributed by atoms with E-state index in [1.54, 1.807) is 4.90 Å². The molecule has 0 aromatic heterocycles. The molecule has 0 aromatic carbocycles. The van der Waals surface area contributed by atoms with Crippen LogP contribution in [0.25, 0.3) is 0 Å². The van der Waals surface area contributed by atoms with Crippen LogP contribution in [0.3, 0.4) is 0 Å². The molecule has 0 aliphatic carbocycles. The maximum atomic E-state index is 11.8. The van der Waals surface area contributed by atoms with Gasteiger partial charge in [-0.2, -0.15) is 0 Å². The summed E-state index contributed by atoms with van der Waals surface area (Å²) in [5.41, 5.74) is 0. The molecular formula is C11H21NO2. The average Bonchev–Trinajstić information content (AvgIpc) is 2.14. The summed E-state index contributed by atoms with van der Waals surface area (Å²) >= 11 is 0. The molecule has 0 aromatic rings. The Morgan fingerprint density at radius 2 is 2.14 bits per heavy atom. The van der Waals surface area contributed by atoms with E-state index in [2.05, 4.69) is 13.8 Å². The van der Waals surface area contributed by atoms with Crippen molar-refractivity contribution in [2.24, 2.45) is 5.92 Å². The molecule has 1 N–H and O–H groups in total. The van der Waals surface area contributed by atoms with Crippen LogP contribution < -0.4 is 0 Å². The predicted molar refractivity (Wildman–Crippen MR) is 55.9 cm³/mol. The van der Waals surface area contributed by atoms with E-state index in [9.17, 15) is 4.79 Å². The van der Waals surface area contributed by atoms with E-state index >= 15 is 0 Å². The Labute approximate surface area is 86.1 Å². The van der Waals surface area contributed by atoms with Crippen LogP contribution >= 0.6 is 0 Å². The molecule has 1 fully saturated rings. The summed E-state index contributed by atoms with van der Waals surface area (Å²) in [5.74, 6) is 0.425. The second-order valence-corrected chi connectivity index (χ2v) is 4.14. The van der Waals surface area contributed by atoms with Crippen molar-refractivity contribution in [2.75, 3.05) is 13.1 Å². The van der Waals surface area contributed by atoms with Gasteiger partial charge in [-0.1, -0.05) is 26.7 Å². The predicted octanol–water partition coefficient (Wildman–Crippen LogP) is 1.41. The number of β-amino-alcohol motifs (C(OH)–C–C–N with tert-alkyl or cyclic N) is 1. The van der Waals surface area contributed by atoms with Crippen molar-refractivity contribution >= 4 is 5.91 Å². The summed E-state index contributed by atoms with van der Waals surface area (Å²) in [6, 6.07) is 0. The van der Waals surface area contributed by atoms with Crippen LogP contribution in [-0.4, -0.2) is 35.1 Å². The minimum Gasteiger partial charge on any atom is -0.389 e. The lowest BCUT2D eigenvalue weighted by Crippen LogP contribution is -2.55. The Kier molecular flexibility index (Phi) is 4.39. The zero-order valence-electron chi connectivity index (χ0n) is 9.20. The molecular weight excluding hydrogens is 178 g/mol. The second-order valence-electron chi connectivity index (χ2n) is 4.14. The highest BCUT2D eigenvalue weighted by Gasteiger charge is 2.31. The van der Waals surface area contributed by atoms with Crippen LogP contribution in [0.2, 0.25) is 0 Å². The minimum absolute atomic E-state index is 0.183. The van der Waals surface area contributed by atoms with Crippen molar-refractivity contribution in [3.8, 4) is 0 Å². The van der Waals surface area contributed by atoms with E-state index < -0.39 is 0 Å². The number of aliphatic hydroxyl groups is 1. The molecule has 3 heteroatoms. The highest BCUT2D eigenvalue weighted by molar-refractivity contribution is 5.79. The molecule has 0 bridgehead atoms. The zero-order chi connectivity index (χ0) is 10.6. The van der Waals surface area contributed by atoms with Crippen molar-refractivity contribution in [3.05, 3.63) is 0 Å². The number of amides is 1. The molecule has 1 saturated heterocycles. The maximum absolute atomic E-state index is 11.8. The van der Waals surface area contributed by atoms with Crippen LogP contribution in [0.5, 0.6) is 0 Å². The van der Waals surface area contributed by atoms with E-state index in [1.807, 2.05) is 0 Å². The molecule has 1 heterocycles. The van der Waals surface area contributed by atoms with Crippen molar-refractivity contribution < 1.29 is 9.90 Å². The number of hydrogen-bond donors (Lipinski definition) is 1. The van der Waals surface area contributed by atoms with Crippen LogP contribution in [0.4, 0.5) is 0 Å². The van der Waals surface area contributed by atoms with Gasteiger partial charge >= 0.3 is 0 Å². The lowest BCUT2D eigenvalue weighted by molar-refractivity contribution is -0.146. The van der Waals surface area contributed by atoms with E-state index in [4.69, 9.17) is 5.11 Å². The van der Waals surface area contributed by atoms with Gasteiger partial charge < -0.3 is 10.0 Å². The molecule has 82 valence electrons. The largest absolute Gasteiger partial charge is 0.389 e. The Balaban J connectivity index is 2.32. The first-order valence-electron chi connectivity index (χ1n) is 5.65. The van der Waals surface area contributed by atoms with Gasteiger partial charge in [-0.25, -0.2) is 0 Å². The molecule has 1 atom stereocenters. The third-order valence-electron chi connectivity index (χ3n) is 2.92. The van der Waals surface area contributed by atoms with Crippen molar-refractivity contribution in [2.45, 2.75) is 45.6 Å². The van der Waals surface area contributed by atoms with Gasteiger partial charge in [-0.3, -0.25) is 4.79 Å². The van der Waals surface area contributed by atoms with E-state index in [0.29, 0.717) is 13.1 Å². The third kappa shape index (κ3) is 2.71. The van der Waals surface area contributed by atoms with Gasteiger partial charge in [0.05, 0.1) is 6.10 Å². The monoisotopic (exact) mass is 199 g/mol. The number of likely N-dealkylation sites (tertiary alicyclic amines) is 1. The fourth-order valence-electron chi connectivity index (χ4n) is 1.85. The lowest BCUT2D eigenvalue weighted by atomic mass is 9.96. The lowest BCUT2D eigenvalue weighted by Gasteiger charge is -2.38. The highest BCUT2D eigenvalue weighted by Crippen LogP contribution is 2.19. The quantitative estimate of drug-likeness (QED) is 0.727.